The molecule has 2 rings (SSSR count). The van der Waals surface area contributed by atoms with Crippen LogP contribution >= 0.6 is 0 Å². The topological polar surface area (TPSA) is 46.3 Å². The number of likely N-dealkylation sites (tertiary alicyclic amines) is 1. The van der Waals surface area contributed by atoms with Crippen LogP contribution in [0.3, 0.4) is 0 Å². The zero-order valence-corrected chi connectivity index (χ0v) is 11.8. The van der Waals surface area contributed by atoms with Crippen LogP contribution in [-0.4, -0.2) is 29.9 Å². The molecule has 1 saturated heterocycles. The van der Waals surface area contributed by atoms with Crippen molar-refractivity contribution in [1.82, 2.24) is 4.90 Å². The van der Waals surface area contributed by atoms with Crippen LogP contribution in [0.25, 0.3) is 6.08 Å². The van der Waals surface area contributed by atoms with Crippen LogP contribution < -0.4 is 5.73 Å². The van der Waals surface area contributed by atoms with Gasteiger partial charge in [-0.2, -0.15) is 0 Å². The summed E-state index contributed by atoms with van der Waals surface area (Å²) in [6.45, 7) is 3.42. The molecule has 0 aromatic heterocycles. The first-order valence-electron chi connectivity index (χ1n) is 7.04. The average Bonchev–Trinajstić information content (AvgIpc) is 2.47. The van der Waals surface area contributed by atoms with Gasteiger partial charge in [-0.15, -0.1) is 0 Å². The molecule has 2 unspecified atom stereocenters. The fraction of sp³-hybridized carbons (Fsp3) is 0.438. The highest BCUT2D eigenvalue weighted by atomic mass is 19.1. The second-order valence-corrected chi connectivity index (χ2v) is 5.40. The first-order valence-corrected chi connectivity index (χ1v) is 7.04. The molecule has 20 heavy (non-hydrogen) atoms. The molecule has 0 spiro atoms. The standard InChI is InChI=1S/C16H21FN2O/c1-12-2-3-14(10-18)11-19(12)16(20)9-6-13-4-7-15(17)8-5-13/h4-9,12,14H,2-3,10-11,18H2,1H3. The molecule has 0 saturated carbocycles. The van der Waals surface area contributed by atoms with Gasteiger partial charge in [-0.1, -0.05) is 12.1 Å². The van der Waals surface area contributed by atoms with Crippen molar-refractivity contribution in [3.8, 4) is 0 Å². The van der Waals surface area contributed by atoms with Crippen molar-refractivity contribution >= 4 is 12.0 Å². The molecular weight excluding hydrogens is 255 g/mol. The molecule has 1 heterocycles. The fourth-order valence-electron chi connectivity index (χ4n) is 2.52. The number of piperidine rings is 1. The number of amides is 1. The number of hydrogen-bond donors (Lipinski definition) is 1. The molecular formula is C16H21FN2O. The molecule has 0 bridgehead atoms. The third-order valence-electron chi connectivity index (χ3n) is 3.88. The summed E-state index contributed by atoms with van der Waals surface area (Å²) in [6.07, 6.45) is 5.37. The summed E-state index contributed by atoms with van der Waals surface area (Å²) in [4.78, 5) is 14.1. The zero-order valence-electron chi connectivity index (χ0n) is 11.8. The van der Waals surface area contributed by atoms with E-state index in [2.05, 4.69) is 6.92 Å². The molecule has 1 aromatic rings. The Morgan fingerprint density at radius 2 is 2.10 bits per heavy atom. The monoisotopic (exact) mass is 276 g/mol. The lowest BCUT2D eigenvalue weighted by Crippen LogP contribution is -2.46. The van der Waals surface area contributed by atoms with Gasteiger partial charge in [0.15, 0.2) is 0 Å². The molecule has 2 N–H and O–H groups in total. The van der Waals surface area contributed by atoms with E-state index in [1.54, 1.807) is 24.3 Å². The van der Waals surface area contributed by atoms with Gasteiger partial charge in [0.05, 0.1) is 0 Å². The second-order valence-electron chi connectivity index (χ2n) is 5.40. The molecule has 1 aromatic carbocycles. The quantitative estimate of drug-likeness (QED) is 0.862. The van der Waals surface area contributed by atoms with Gasteiger partial charge in [0.1, 0.15) is 5.82 Å². The number of benzene rings is 1. The van der Waals surface area contributed by atoms with Crippen molar-refractivity contribution in [2.24, 2.45) is 11.7 Å². The van der Waals surface area contributed by atoms with E-state index in [4.69, 9.17) is 5.73 Å². The molecule has 1 fully saturated rings. The molecule has 0 radical (unpaired) electrons. The van der Waals surface area contributed by atoms with E-state index in [1.807, 2.05) is 4.90 Å². The molecule has 1 aliphatic heterocycles. The minimum Gasteiger partial charge on any atom is -0.336 e. The van der Waals surface area contributed by atoms with Gasteiger partial charge in [0.25, 0.3) is 0 Å². The summed E-state index contributed by atoms with van der Waals surface area (Å²) in [5.41, 5.74) is 6.52. The van der Waals surface area contributed by atoms with Gasteiger partial charge in [-0.3, -0.25) is 4.79 Å². The number of nitrogens with zero attached hydrogens (tertiary/aromatic N) is 1. The van der Waals surface area contributed by atoms with Gasteiger partial charge in [-0.25, -0.2) is 4.39 Å². The molecule has 108 valence electrons. The van der Waals surface area contributed by atoms with Crippen LogP contribution in [0.5, 0.6) is 0 Å². The Morgan fingerprint density at radius 1 is 1.40 bits per heavy atom. The average molecular weight is 276 g/mol. The lowest BCUT2D eigenvalue weighted by Gasteiger charge is -2.37. The van der Waals surface area contributed by atoms with Gasteiger partial charge in [-0.05, 0) is 56.0 Å². The Bertz CT molecular complexity index is 484. The van der Waals surface area contributed by atoms with E-state index >= 15 is 0 Å². The van der Waals surface area contributed by atoms with E-state index < -0.39 is 0 Å². The molecule has 1 amide bonds. The van der Waals surface area contributed by atoms with E-state index in [1.165, 1.54) is 12.1 Å². The van der Waals surface area contributed by atoms with Gasteiger partial charge in [0.2, 0.25) is 5.91 Å². The molecule has 2 atom stereocenters. The van der Waals surface area contributed by atoms with E-state index in [0.29, 0.717) is 12.5 Å². The predicted molar refractivity (Wildman–Crippen MR) is 78.4 cm³/mol. The van der Waals surface area contributed by atoms with Gasteiger partial charge < -0.3 is 10.6 Å². The number of rotatable bonds is 3. The van der Waals surface area contributed by atoms with Crippen LogP contribution in [0.2, 0.25) is 0 Å². The van der Waals surface area contributed by atoms with Gasteiger partial charge >= 0.3 is 0 Å². The second kappa shape index (κ2) is 6.66. The summed E-state index contributed by atoms with van der Waals surface area (Å²) < 4.78 is 12.8. The molecule has 4 heteroatoms. The van der Waals surface area contributed by atoms with E-state index in [9.17, 15) is 9.18 Å². The fourth-order valence-corrected chi connectivity index (χ4v) is 2.52. The predicted octanol–water partition coefficient (Wildman–Crippen LogP) is 2.42. The van der Waals surface area contributed by atoms with Crippen LogP contribution in [0.15, 0.2) is 30.3 Å². The van der Waals surface area contributed by atoms with Crippen LogP contribution in [-0.2, 0) is 4.79 Å². The highest BCUT2D eigenvalue weighted by Gasteiger charge is 2.26. The van der Waals surface area contributed by atoms with Crippen LogP contribution in [0, 0.1) is 11.7 Å². The van der Waals surface area contributed by atoms with Crippen molar-refractivity contribution in [3.63, 3.8) is 0 Å². The third-order valence-corrected chi connectivity index (χ3v) is 3.88. The lowest BCUT2D eigenvalue weighted by molar-refractivity contribution is -0.130. The number of carbonyl (C=O) groups excluding carboxylic acids is 1. The highest BCUT2D eigenvalue weighted by Crippen LogP contribution is 2.21. The van der Waals surface area contributed by atoms with Crippen LogP contribution in [0.4, 0.5) is 4.39 Å². The number of hydrogen-bond acceptors (Lipinski definition) is 2. The van der Waals surface area contributed by atoms with Crippen molar-refractivity contribution in [1.29, 1.82) is 0 Å². The number of carbonyl (C=O) groups is 1. The maximum atomic E-state index is 12.8. The Morgan fingerprint density at radius 3 is 2.75 bits per heavy atom. The first-order chi connectivity index (χ1) is 9.60. The smallest absolute Gasteiger partial charge is 0.246 e. The zero-order chi connectivity index (χ0) is 14.5. The van der Waals surface area contributed by atoms with Crippen molar-refractivity contribution in [2.75, 3.05) is 13.1 Å². The van der Waals surface area contributed by atoms with Crippen molar-refractivity contribution in [3.05, 3.63) is 41.7 Å². The maximum Gasteiger partial charge on any atom is 0.246 e. The Labute approximate surface area is 119 Å². The Kier molecular flexibility index (Phi) is 4.90. The largest absolute Gasteiger partial charge is 0.336 e. The van der Waals surface area contributed by atoms with Gasteiger partial charge in [0, 0.05) is 18.7 Å². The Hall–Kier alpha value is -1.68. The SMILES string of the molecule is CC1CCC(CN)CN1C(=O)C=Cc1ccc(F)cc1. The number of nitrogens with two attached hydrogens (primary N) is 1. The molecule has 0 aliphatic carbocycles. The summed E-state index contributed by atoms with van der Waals surface area (Å²) in [6, 6.07) is 6.34. The highest BCUT2D eigenvalue weighted by molar-refractivity contribution is 5.92. The maximum absolute atomic E-state index is 12.8. The van der Waals surface area contributed by atoms with Crippen molar-refractivity contribution in [2.45, 2.75) is 25.8 Å². The minimum absolute atomic E-state index is 0.0000231. The van der Waals surface area contributed by atoms with E-state index in [-0.39, 0.29) is 17.8 Å². The molecule has 1 aliphatic rings. The summed E-state index contributed by atoms with van der Waals surface area (Å²) >= 11 is 0. The summed E-state index contributed by atoms with van der Waals surface area (Å²) in [5, 5.41) is 0. The normalized spacial score (nSPS) is 23.2. The summed E-state index contributed by atoms with van der Waals surface area (Å²) in [5.74, 6) is 0.123. The number of halogens is 1. The lowest BCUT2D eigenvalue weighted by atomic mass is 9.93. The van der Waals surface area contributed by atoms with E-state index in [0.717, 1.165) is 24.9 Å². The summed E-state index contributed by atoms with van der Waals surface area (Å²) in [7, 11) is 0. The Balaban J connectivity index is 2.01. The van der Waals surface area contributed by atoms with Crippen LogP contribution in [0.1, 0.15) is 25.3 Å². The van der Waals surface area contributed by atoms with Crippen molar-refractivity contribution < 1.29 is 9.18 Å². The third kappa shape index (κ3) is 3.67. The first kappa shape index (κ1) is 14.7. The minimum atomic E-state index is -0.274. The molecule has 3 nitrogen and oxygen atoms in total.